The summed E-state index contributed by atoms with van der Waals surface area (Å²) < 4.78 is 5.30. The summed E-state index contributed by atoms with van der Waals surface area (Å²) in [5, 5.41) is 7.19. The van der Waals surface area contributed by atoms with E-state index >= 15 is 0 Å². The minimum Gasteiger partial charge on any atom is -0.496 e. The largest absolute Gasteiger partial charge is 0.496 e. The van der Waals surface area contributed by atoms with Gasteiger partial charge in [0.2, 0.25) is 0 Å². The molecule has 8 heteroatoms. The van der Waals surface area contributed by atoms with Crippen molar-refractivity contribution in [1.29, 1.82) is 0 Å². The molecular formula is C25H25N3O4S. The van der Waals surface area contributed by atoms with Gasteiger partial charge in [-0.3, -0.25) is 14.4 Å². The zero-order chi connectivity index (χ0) is 23.2. The van der Waals surface area contributed by atoms with Gasteiger partial charge in [0.15, 0.2) is 0 Å². The molecule has 0 saturated heterocycles. The molecule has 2 aromatic carbocycles. The number of rotatable bonds is 6. The molecule has 0 radical (unpaired) electrons. The third-order valence-corrected chi connectivity index (χ3v) is 6.37. The molecule has 0 saturated carbocycles. The molecule has 4 rings (SSSR count). The van der Waals surface area contributed by atoms with E-state index in [-0.39, 0.29) is 5.91 Å². The zero-order valence-electron chi connectivity index (χ0n) is 18.3. The SMILES string of the molecule is COc1ccccc1CCNC(=O)C(=O)Nc1ccc2c(c1)CCCN2C(=O)c1cccs1. The normalized spacial score (nSPS) is 12.6. The Labute approximate surface area is 196 Å². The third kappa shape index (κ3) is 5.23. The molecule has 0 spiro atoms. The van der Waals surface area contributed by atoms with Gasteiger partial charge in [0.1, 0.15) is 5.75 Å². The van der Waals surface area contributed by atoms with E-state index < -0.39 is 11.8 Å². The van der Waals surface area contributed by atoms with Gasteiger partial charge in [-0.05, 0) is 66.1 Å². The van der Waals surface area contributed by atoms with Crippen molar-refractivity contribution in [1.82, 2.24) is 5.32 Å². The van der Waals surface area contributed by atoms with E-state index in [1.807, 2.05) is 53.9 Å². The molecule has 1 aliphatic rings. The van der Waals surface area contributed by atoms with Gasteiger partial charge in [-0.2, -0.15) is 0 Å². The van der Waals surface area contributed by atoms with Crippen molar-refractivity contribution in [3.8, 4) is 5.75 Å². The van der Waals surface area contributed by atoms with Gasteiger partial charge in [0.25, 0.3) is 5.91 Å². The summed E-state index contributed by atoms with van der Waals surface area (Å²) in [5.41, 5.74) is 3.31. The number of anilines is 2. The Hall–Kier alpha value is -3.65. The highest BCUT2D eigenvalue weighted by molar-refractivity contribution is 7.12. The van der Waals surface area contributed by atoms with Crippen molar-refractivity contribution < 1.29 is 19.1 Å². The molecule has 1 aliphatic heterocycles. The smallest absolute Gasteiger partial charge is 0.313 e. The van der Waals surface area contributed by atoms with Gasteiger partial charge in [-0.15, -0.1) is 11.3 Å². The van der Waals surface area contributed by atoms with E-state index in [0.717, 1.165) is 35.4 Å². The van der Waals surface area contributed by atoms with Crippen molar-refractivity contribution in [2.24, 2.45) is 0 Å². The summed E-state index contributed by atoms with van der Waals surface area (Å²) in [4.78, 5) is 39.9. The second-order valence-electron chi connectivity index (χ2n) is 7.65. The Morgan fingerprint density at radius 1 is 1.06 bits per heavy atom. The van der Waals surface area contributed by atoms with Crippen LogP contribution in [0.5, 0.6) is 5.75 Å². The monoisotopic (exact) mass is 463 g/mol. The van der Waals surface area contributed by atoms with Crippen LogP contribution in [0, 0.1) is 0 Å². The van der Waals surface area contributed by atoms with Crippen molar-refractivity contribution in [3.05, 3.63) is 76.0 Å². The maximum atomic E-state index is 12.8. The van der Waals surface area contributed by atoms with Crippen LogP contribution in [0.3, 0.4) is 0 Å². The van der Waals surface area contributed by atoms with E-state index in [1.54, 1.807) is 18.1 Å². The number of ether oxygens (including phenoxy) is 1. The first kappa shape index (κ1) is 22.5. The van der Waals surface area contributed by atoms with Crippen molar-refractivity contribution in [2.45, 2.75) is 19.3 Å². The molecule has 3 amide bonds. The topological polar surface area (TPSA) is 87.7 Å². The van der Waals surface area contributed by atoms with Gasteiger partial charge < -0.3 is 20.3 Å². The Morgan fingerprint density at radius 2 is 1.91 bits per heavy atom. The highest BCUT2D eigenvalue weighted by atomic mass is 32.1. The predicted octanol–water partition coefficient (Wildman–Crippen LogP) is 3.65. The highest BCUT2D eigenvalue weighted by Gasteiger charge is 2.25. The summed E-state index contributed by atoms with van der Waals surface area (Å²) in [5.74, 6) is -0.691. The fourth-order valence-corrected chi connectivity index (χ4v) is 4.58. The number of hydrogen-bond acceptors (Lipinski definition) is 5. The number of hydrogen-bond donors (Lipinski definition) is 2. The van der Waals surface area contributed by atoms with Crippen LogP contribution >= 0.6 is 11.3 Å². The fraction of sp³-hybridized carbons (Fsp3) is 0.240. The molecule has 1 aromatic heterocycles. The molecule has 0 unspecified atom stereocenters. The average Bonchev–Trinajstić information content (AvgIpc) is 3.38. The lowest BCUT2D eigenvalue weighted by atomic mass is 10.0. The lowest BCUT2D eigenvalue weighted by Crippen LogP contribution is -2.37. The number of amides is 3. The fourth-order valence-electron chi connectivity index (χ4n) is 3.91. The van der Waals surface area contributed by atoms with E-state index in [9.17, 15) is 14.4 Å². The third-order valence-electron chi connectivity index (χ3n) is 5.51. The number of nitrogens with zero attached hydrogens (tertiary/aromatic N) is 1. The second-order valence-corrected chi connectivity index (χ2v) is 8.60. The number of thiophene rings is 1. The molecular weight excluding hydrogens is 438 g/mol. The average molecular weight is 464 g/mol. The number of carbonyl (C=O) groups is 3. The van der Waals surface area contributed by atoms with Crippen LogP contribution in [-0.4, -0.2) is 37.9 Å². The van der Waals surface area contributed by atoms with Crippen molar-refractivity contribution in [3.63, 3.8) is 0 Å². The number of fused-ring (bicyclic) bond motifs is 1. The number of methoxy groups -OCH3 is 1. The van der Waals surface area contributed by atoms with Gasteiger partial charge in [0, 0.05) is 24.5 Å². The van der Waals surface area contributed by atoms with Crippen LogP contribution in [0.2, 0.25) is 0 Å². The Kier molecular flexibility index (Phi) is 7.04. The van der Waals surface area contributed by atoms with Crippen LogP contribution in [-0.2, 0) is 22.4 Å². The molecule has 2 heterocycles. The second kappa shape index (κ2) is 10.3. The lowest BCUT2D eigenvalue weighted by Gasteiger charge is -2.29. The number of aryl methyl sites for hydroxylation is 1. The van der Waals surface area contributed by atoms with Gasteiger partial charge in [-0.1, -0.05) is 24.3 Å². The van der Waals surface area contributed by atoms with Crippen molar-refractivity contribution in [2.75, 3.05) is 30.4 Å². The molecule has 33 heavy (non-hydrogen) atoms. The predicted molar refractivity (Wildman–Crippen MR) is 129 cm³/mol. The maximum absolute atomic E-state index is 12.8. The van der Waals surface area contributed by atoms with Crippen LogP contribution in [0.25, 0.3) is 0 Å². The number of nitrogens with one attached hydrogen (secondary N) is 2. The maximum Gasteiger partial charge on any atom is 0.313 e. The summed E-state index contributed by atoms with van der Waals surface area (Å²) in [6.07, 6.45) is 2.19. The first-order chi connectivity index (χ1) is 16.1. The zero-order valence-corrected chi connectivity index (χ0v) is 19.1. The quantitative estimate of drug-likeness (QED) is 0.547. The molecule has 0 atom stereocenters. The minimum absolute atomic E-state index is 0.0165. The van der Waals surface area contributed by atoms with Crippen LogP contribution < -0.4 is 20.3 Å². The number of para-hydroxylation sites is 1. The first-order valence-corrected chi connectivity index (χ1v) is 11.6. The van der Waals surface area contributed by atoms with Crippen LogP contribution in [0.4, 0.5) is 11.4 Å². The van der Waals surface area contributed by atoms with Gasteiger partial charge >= 0.3 is 11.8 Å². The summed E-state index contributed by atoms with van der Waals surface area (Å²) in [6, 6.07) is 16.6. The molecule has 0 fully saturated rings. The Morgan fingerprint density at radius 3 is 2.70 bits per heavy atom. The summed E-state index contributed by atoms with van der Waals surface area (Å²) >= 11 is 1.42. The molecule has 3 aromatic rings. The molecule has 0 bridgehead atoms. The van der Waals surface area contributed by atoms with E-state index in [0.29, 0.717) is 30.1 Å². The number of carbonyl (C=O) groups excluding carboxylic acids is 3. The highest BCUT2D eigenvalue weighted by Crippen LogP contribution is 2.31. The van der Waals surface area contributed by atoms with Crippen LogP contribution in [0.15, 0.2) is 60.0 Å². The summed E-state index contributed by atoms with van der Waals surface area (Å²) in [6.45, 7) is 0.973. The molecule has 170 valence electrons. The Bertz CT molecular complexity index is 1160. The molecule has 7 nitrogen and oxygen atoms in total. The van der Waals surface area contributed by atoms with E-state index in [1.165, 1.54) is 11.3 Å². The first-order valence-electron chi connectivity index (χ1n) is 10.8. The lowest BCUT2D eigenvalue weighted by molar-refractivity contribution is -0.136. The summed E-state index contributed by atoms with van der Waals surface area (Å²) in [7, 11) is 1.60. The van der Waals surface area contributed by atoms with Crippen LogP contribution in [0.1, 0.15) is 27.2 Å². The number of benzene rings is 2. The molecule has 0 aliphatic carbocycles. The molecule has 2 N–H and O–H groups in total. The van der Waals surface area contributed by atoms with Crippen molar-refractivity contribution >= 4 is 40.4 Å². The minimum atomic E-state index is -0.725. The standard InChI is InChI=1S/C25H25N3O4S/c1-32-21-8-3-2-6-17(21)12-13-26-23(29)24(30)27-19-10-11-20-18(16-19)7-4-14-28(20)25(31)22-9-5-15-33-22/h2-3,5-6,8-11,15-16H,4,7,12-14H2,1H3,(H,26,29)(H,27,30). The van der Waals surface area contributed by atoms with E-state index in [4.69, 9.17) is 4.74 Å². The van der Waals surface area contributed by atoms with E-state index in [2.05, 4.69) is 10.6 Å². The van der Waals surface area contributed by atoms with Gasteiger partial charge in [-0.25, -0.2) is 0 Å². The Balaban J connectivity index is 1.35. The van der Waals surface area contributed by atoms with Gasteiger partial charge in [0.05, 0.1) is 12.0 Å².